The van der Waals surface area contributed by atoms with E-state index in [1.165, 1.54) is 10.9 Å². The van der Waals surface area contributed by atoms with Gasteiger partial charge in [0.2, 0.25) is 0 Å². The topological polar surface area (TPSA) is 67.1 Å². The van der Waals surface area contributed by atoms with Gasteiger partial charge in [0.25, 0.3) is 0 Å². The minimum atomic E-state index is -4.44. The van der Waals surface area contributed by atoms with Crippen molar-refractivity contribution >= 4 is 16.5 Å². The van der Waals surface area contributed by atoms with Crippen LogP contribution in [-0.4, -0.2) is 38.2 Å². The molecule has 0 atom stereocenters. The van der Waals surface area contributed by atoms with Gasteiger partial charge in [-0.2, -0.15) is 13.2 Å². The molecule has 0 radical (unpaired) electrons. The highest BCUT2D eigenvalue weighted by atomic mass is 32.1. The molecular weight excluding hydrogens is 295 g/mol. The summed E-state index contributed by atoms with van der Waals surface area (Å²) in [4.78, 5) is 5.13. The highest BCUT2D eigenvalue weighted by Crippen LogP contribution is 2.38. The van der Waals surface area contributed by atoms with Crippen LogP contribution >= 0.6 is 11.3 Å². The van der Waals surface area contributed by atoms with Crippen LogP contribution in [0.15, 0.2) is 11.6 Å². The van der Waals surface area contributed by atoms with Gasteiger partial charge in [0, 0.05) is 12.4 Å². The van der Waals surface area contributed by atoms with Crippen molar-refractivity contribution in [1.29, 1.82) is 0 Å². The lowest BCUT2D eigenvalue weighted by molar-refractivity contribution is -0.140. The molecule has 1 fully saturated rings. The molecule has 2 aromatic heterocycles. The number of aryl methyl sites for hydroxylation is 1. The molecule has 0 aliphatic carbocycles. The molecule has 1 aliphatic heterocycles. The summed E-state index contributed by atoms with van der Waals surface area (Å²) in [6.45, 7) is 0.331. The number of β-amino-alcohol motifs (C(OH)–C–C–N with tert-alkyl or cyclic N) is 1. The maximum atomic E-state index is 12.5. The molecule has 20 heavy (non-hydrogen) atoms. The lowest BCUT2D eigenvalue weighted by Gasteiger charge is -2.45. The van der Waals surface area contributed by atoms with Gasteiger partial charge in [-0.3, -0.25) is 0 Å². The Bertz CT molecular complexity index is 631. The summed E-state index contributed by atoms with van der Waals surface area (Å²) < 4.78 is 38.9. The van der Waals surface area contributed by atoms with Crippen molar-refractivity contribution in [3.05, 3.63) is 23.0 Å². The number of alkyl halides is 3. The van der Waals surface area contributed by atoms with E-state index >= 15 is 0 Å². The molecule has 0 amide bonds. The number of hydrogen-bond donors (Lipinski definition) is 1. The zero-order valence-electron chi connectivity index (χ0n) is 10.3. The van der Waals surface area contributed by atoms with Crippen molar-refractivity contribution in [2.24, 2.45) is 7.05 Å². The second-order valence-corrected chi connectivity index (χ2v) is 5.48. The Labute approximate surface area is 115 Å². The van der Waals surface area contributed by atoms with Crippen molar-refractivity contribution < 1.29 is 18.3 Å². The van der Waals surface area contributed by atoms with E-state index in [1.54, 1.807) is 11.9 Å². The number of aliphatic hydroxyl groups is 1. The quantitative estimate of drug-likeness (QED) is 0.896. The van der Waals surface area contributed by atoms with E-state index in [0.29, 0.717) is 5.69 Å². The zero-order valence-corrected chi connectivity index (χ0v) is 11.1. The molecule has 1 saturated heterocycles. The molecular formula is C10H10F3N5OS. The van der Waals surface area contributed by atoms with Crippen molar-refractivity contribution in [2.75, 3.05) is 18.0 Å². The molecule has 1 aliphatic rings. The molecule has 0 bridgehead atoms. The minimum Gasteiger partial charge on any atom is -0.380 e. The van der Waals surface area contributed by atoms with Crippen LogP contribution < -0.4 is 4.90 Å². The zero-order chi connectivity index (χ0) is 14.5. The Hall–Kier alpha value is -1.68. The highest BCUT2D eigenvalue weighted by molar-refractivity contribution is 7.13. The van der Waals surface area contributed by atoms with E-state index < -0.39 is 17.5 Å². The Kier molecular flexibility index (Phi) is 2.77. The molecule has 0 unspecified atom stereocenters. The van der Waals surface area contributed by atoms with Crippen LogP contribution in [0.1, 0.15) is 11.4 Å². The van der Waals surface area contributed by atoms with Gasteiger partial charge in [0.1, 0.15) is 5.60 Å². The number of rotatable bonds is 2. The predicted molar refractivity (Wildman–Crippen MR) is 64.2 cm³/mol. The van der Waals surface area contributed by atoms with Gasteiger partial charge in [-0.05, 0) is 0 Å². The first kappa shape index (κ1) is 13.3. The molecule has 0 aromatic carbocycles. The van der Waals surface area contributed by atoms with Gasteiger partial charge in [-0.25, -0.2) is 9.67 Å². The standard InChI is InChI=1S/C10H10F3N5OS/c1-17-7(2-14-16-17)9(19)4-18(5-9)8-15-6(3-20-8)10(11,12)13/h2-3,19H,4-5H2,1H3. The van der Waals surface area contributed by atoms with Crippen LogP contribution in [0, 0.1) is 0 Å². The van der Waals surface area contributed by atoms with Gasteiger partial charge in [0.05, 0.1) is 25.0 Å². The third kappa shape index (κ3) is 2.04. The van der Waals surface area contributed by atoms with Gasteiger partial charge >= 0.3 is 6.18 Å². The van der Waals surface area contributed by atoms with E-state index in [2.05, 4.69) is 15.3 Å². The third-order valence-electron chi connectivity index (χ3n) is 3.15. The van der Waals surface area contributed by atoms with E-state index in [-0.39, 0.29) is 18.2 Å². The predicted octanol–water partition coefficient (Wildman–Crippen LogP) is 0.998. The first-order valence-corrected chi connectivity index (χ1v) is 6.53. The second kappa shape index (κ2) is 4.16. The van der Waals surface area contributed by atoms with E-state index in [4.69, 9.17) is 0 Å². The fourth-order valence-electron chi connectivity index (χ4n) is 2.13. The molecule has 0 saturated carbocycles. The minimum absolute atomic E-state index is 0.166. The molecule has 10 heteroatoms. The molecule has 108 valence electrons. The summed E-state index contributed by atoms with van der Waals surface area (Å²) in [6, 6.07) is 0. The van der Waals surface area contributed by atoms with Crippen LogP contribution in [-0.2, 0) is 18.8 Å². The average Bonchev–Trinajstić information content (AvgIpc) is 2.92. The second-order valence-electron chi connectivity index (χ2n) is 4.64. The highest BCUT2D eigenvalue weighted by Gasteiger charge is 2.46. The number of anilines is 1. The van der Waals surface area contributed by atoms with Gasteiger partial charge in [0.15, 0.2) is 10.8 Å². The summed E-state index contributed by atoms with van der Waals surface area (Å²) in [5.41, 5.74) is -1.53. The van der Waals surface area contributed by atoms with Crippen LogP contribution in [0.3, 0.4) is 0 Å². The van der Waals surface area contributed by atoms with Crippen molar-refractivity contribution in [3.63, 3.8) is 0 Å². The third-order valence-corrected chi connectivity index (χ3v) is 4.05. The van der Waals surface area contributed by atoms with Crippen LogP contribution in [0.25, 0.3) is 0 Å². The molecule has 3 rings (SSSR count). The van der Waals surface area contributed by atoms with Crippen LogP contribution in [0.4, 0.5) is 18.3 Å². The van der Waals surface area contributed by atoms with Crippen molar-refractivity contribution in [1.82, 2.24) is 20.0 Å². The summed E-state index contributed by atoms with van der Waals surface area (Å²) in [5.74, 6) is 0. The number of thiazole rings is 1. The Morgan fingerprint density at radius 1 is 1.40 bits per heavy atom. The molecule has 1 N–H and O–H groups in total. The monoisotopic (exact) mass is 305 g/mol. The number of nitrogens with zero attached hydrogens (tertiary/aromatic N) is 5. The Morgan fingerprint density at radius 3 is 2.60 bits per heavy atom. The summed E-state index contributed by atoms with van der Waals surface area (Å²) in [6.07, 6.45) is -3.00. The van der Waals surface area contributed by atoms with E-state index in [1.807, 2.05) is 0 Å². The number of halogens is 3. The summed E-state index contributed by atoms with van der Waals surface area (Å²) in [7, 11) is 1.65. The fourth-order valence-corrected chi connectivity index (χ4v) is 2.97. The summed E-state index contributed by atoms with van der Waals surface area (Å²) in [5, 5.41) is 19.0. The number of aromatic nitrogens is 4. The lowest BCUT2D eigenvalue weighted by Crippen LogP contribution is -2.60. The average molecular weight is 305 g/mol. The normalized spacial score (nSPS) is 18.1. The van der Waals surface area contributed by atoms with Crippen LogP contribution in [0.2, 0.25) is 0 Å². The molecule has 3 heterocycles. The maximum Gasteiger partial charge on any atom is 0.434 e. The number of hydrogen-bond acceptors (Lipinski definition) is 6. The Morgan fingerprint density at radius 2 is 2.10 bits per heavy atom. The lowest BCUT2D eigenvalue weighted by atomic mass is 9.91. The Balaban J connectivity index is 1.75. The van der Waals surface area contributed by atoms with Crippen molar-refractivity contribution in [3.8, 4) is 0 Å². The maximum absolute atomic E-state index is 12.5. The first-order valence-electron chi connectivity index (χ1n) is 5.65. The first-order chi connectivity index (χ1) is 9.29. The summed E-state index contributed by atoms with van der Waals surface area (Å²) >= 11 is 0.908. The van der Waals surface area contributed by atoms with Gasteiger partial charge in [-0.15, -0.1) is 16.4 Å². The van der Waals surface area contributed by atoms with Gasteiger partial charge in [-0.1, -0.05) is 5.21 Å². The van der Waals surface area contributed by atoms with Crippen molar-refractivity contribution in [2.45, 2.75) is 11.8 Å². The van der Waals surface area contributed by atoms with Gasteiger partial charge < -0.3 is 10.0 Å². The molecule has 2 aromatic rings. The fraction of sp³-hybridized carbons (Fsp3) is 0.500. The van der Waals surface area contributed by atoms with Crippen LogP contribution in [0.5, 0.6) is 0 Å². The van der Waals surface area contributed by atoms with E-state index in [0.717, 1.165) is 16.7 Å². The smallest absolute Gasteiger partial charge is 0.380 e. The SMILES string of the molecule is Cn1nncc1C1(O)CN(c2nc(C(F)(F)F)cs2)C1. The van der Waals surface area contributed by atoms with E-state index in [9.17, 15) is 18.3 Å². The molecule has 0 spiro atoms. The largest absolute Gasteiger partial charge is 0.434 e. The molecule has 6 nitrogen and oxygen atoms in total.